The normalized spacial score (nSPS) is 13.0. The van der Waals surface area contributed by atoms with E-state index in [0.29, 0.717) is 12.2 Å². The Morgan fingerprint density at radius 3 is 2.48 bits per heavy atom. The first kappa shape index (κ1) is 15.2. The fraction of sp³-hybridized carbons (Fsp3) is 0.231. The molecule has 0 aliphatic carbocycles. The van der Waals surface area contributed by atoms with Gasteiger partial charge in [-0.3, -0.25) is 10.1 Å². The van der Waals surface area contributed by atoms with Gasteiger partial charge in [0.25, 0.3) is 5.69 Å². The molecule has 1 heterocycles. The molecule has 1 aromatic heterocycles. The van der Waals surface area contributed by atoms with Crippen molar-refractivity contribution < 1.29 is 17.8 Å². The van der Waals surface area contributed by atoms with E-state index in [1.54, 1.807) is 19.1 Å². The maximum atomic E-state index is 12.1. The monoisotopic (exact) mass is 310 g/mol. The molecule has 1 aromatic carbocycles. The number of nitro groups is 1. The molecule has 1 atom stereocenters. The van der Waals surface area contributed by atoms with Crippen LogP contribution in [0.25, 0.3) is 0 Å². The Morgan fingerprint density at radius 2 is 1.95 bits per heavy atom. The Hall–Kier alpha value is -2.19. The van der Waals surface area contributed by atoms with Crippen molar-refractivity contribution in [3.8, 4) is 0 Å². The zero-order valence-electron chi connectivity index (χ0n) is 11.2. The quantitative estimate of drug-likeness (QED) is 0.650. The van der Waals surface area contributed by atoms with Crippen LogP contribution in [0, 0.1) is 10.1 Å². The number of furan rings is 1. The molecular weight excluding hydrogens is 296 g/mol. The number of non-ortho nitro benzene ring substituents is 1. The zero-order chi connectivity index (χ0) is 15.5. The fourth-order valence-electron chi connectivity index (χ4n) is 1.85. The highest BCUT2D eigenvalue weighted by atomic mass is 32.2. The third-order valence-electron chi connectivity index (χ3n) is 2.80. The molecule has 7 nitrogen and oxygen atoms in total. The average Bonchev–Trinajstić information content (AvgIpc) is 2.90. The number of nitrogens with one attached hydrogen (secondary N) is 1. The summed E-state index contributed by atoms with van der Waals surface area (Å²) < 4.78 is 31.9. The van der Waals surface area contributed by atoms with Gasteiger partial charge in [0.05, 0.1) is 16.1 Å². The van der Waals surface area contributed by atoms with Crippen LogP contribution in [0.1, 0.15) is 12.7 Å². The molecule has 8 heteroatoms. The molecule has 112 valence electrons. The van der Waals surface area contributed by atoms with E-state index >= 15 is 0 Å². The topological polar surface area (TPSA) is 102 Å². The van der Waals surface area contributed by atoms with Crippen LogP contribution in [0.2, 0.25) is 0 Å². The third kappa shape index (κ3) is 3.89. The Bertz CT molecular complexity index is 708. The lowest BCUT2D eigenvalue weighted by atomic mass is 10.2. The van der Waals surface area contributed by atoms with Crippen LogP contribution >= 0.6 is 0 Å². The Labute approximate surface area is 121 Å². The van der Waals surface area contributed by atoms with E-state index in [0.717, 1.165) is 12.1 Å². The fourth-order valence-corrected chi connectivity index (χ4v) is 3.10. The van der Waals surface area contributed by atoms with Gasteiger partial charge in [0.2, 0.25) is 10.0 Å². The summed E-state index contributed by atoms with van der Waals surface area (Å²) in [4.78, 5) is 9.95. The molecule has 2 aromatic rings. The summed E-state index contributed by atoms with van der Waals surface area (Å²) in [5.41, 5.74) is -0.155. The first-order valence-electron chi connectivity index (χ1n) is 6.17. The van der Waals surface area contributed by atoms with Gasteiger partial charge in [-0.2, -0.15) is 0 Å². The highest BCUT2D eigenvalue weighted by molar-refractivity contribution is 7.89. The maximum Gasteiger partial charge on any atom is 0.269 e. The highest BCUT2D eigenvalue weighted by Gasteiger charge is 2.19. The van der Waals surface area contributed by atoms with Crippen molar-refractivity contribution in [3.05, 3.63) is 58.5 Å². The summed E-state index contributed by atoms with van der Waals surface area (Å²) in [6.07, 6.45) is 1.94. The van der Waals surface area contributed by atoms with Gasteiger partial charge in [-0.25, -0.2) is 13.1 Å². The molecule has 0 fully saturated rings. The van der Waals surface area contributed by atoms with Gasteiger partial charge in [-0.15, -0.1) is 0 Å². The van der Waals surface area contributed by atoms with E-state index in [1.807, 2.05) is 0 Å². The van der Waals surface area contributed by atoms with Gasteiger partial charge in [-0.05, 0) is 31.2 Å². The van der Waals surface area contributed by atoms with Crippen LogP contribution in [-0.4, -0.2) is 19.4 Å². The molecule has 0 saturated carbocycles. The molecule has 0 saturated heterocycles. The molecule has 0 aliphatic rings. The van der Waals surface area contributed by atoms with Gasteiger partial charge in [0.15, 0.2) is 0 Å². The van der Waals surface area contributed by atoms with Crippen molar-refractivity contribution in [1.29, 1.82) is 0 Å². The van der Waals surface area contributed by atoms with Crippen molar-refractivity contribution in [2.24, 2.45) is 0 Å². The summed E-state index contributed by atoms with van der Waals surface area (Å²) in [6.45, 7) is 1.71. The molecule has 1 N–H and O–H groups in total. The molecular formula is C13H14N2O5S. The predicted octanol–water partition coefficient (Wildman–Crippen LogP) is 2.10. The number of nitrogens with zero attached hydrogens (tertiary/aromatic N) is 1. The number of benzene rings is 1. The standard InChI is InChI=1S/C13H14N2O5S/c1-10(9-12-3-2-8-20-12)14-21(18,19)13-6-4-11(5-7-13)15(16)17/h2-8,10,14H,9H2,1H3. The summed E-state index contributed by atoms with van der Waals surface area (Å²) in [6, 6.07) is 7.86. The van der Waals surface area contributed by atoms with Crippen molar-refractivity contribution in [2.75, 3.05) is 0 Å². The van der Waals surface area contributed by atoms with E-state index < -0.39 is 14.9 Å². The minimum Gasteiger partial charge on any atom is -0.469 e. The van der Waals surface area contributed by atoms with E-state index in [1.165, 1.54) is 18.4 Å². The summed E-state index contributed by atoms with van der Waals surface area (Å²) >= 11 is 0. The van der Waals surface area contributed by atoms with Gasteiger partial charge in [-0.1, -0.05) is 0 Å². The lowest BCUT2D eigenvalue weighted by Crippen LogP contribution is -2.34. The molecule has 0 amide bonds. The summed E-state index contributed by atoms with van der Waals surface area (Å²) in [5.74, 6) is 0.675. The van der Waals surface area contributed by atoms with Gasteiger partial charge in [0.1, 0.15) is 5.76 Å². The van der Waals surface area contributed by atoms with Crippen LogP contribution in [0.15, 0.2) is 52.0 Å². The maximum absolute atomic E-state index is 12.1. The van der Waals surface area contributed by atoms with Crippen LogP contribution in [-0.2, 0) is 16.4 Å². The van der Waals surface area contributed by atoms with Crippen LogP contribution in [0.4, 0.5) is 5.69 Å². The van der Waals surface area contributed by atoms with Crippen molar-refractivity contribution in [1.82, 2.24) is 4.72 Å². The Kier molecular flexibility index (Phi) is 4.39. The average molecular weight is 310 g/mol. The minimum absolute atomic E-state index is 0.0144. The molecule has 0 aliphatic heterocycles. The number of hydrogen-bond acceptors (Lipinski definition) is 5. The van der Waals surface area contributed by atoms with Crippen molar-refractivity contribution in [3.63, 3.8) is 0 Å². The molecule has 21 heavy (non-hydrogen) atoms. The zero-order valence-corrected chi connectivity index (χ0v) is 12.0. The Morgan fingerprint density at radius 1 is 1.29 bits per heavy atom. The second-order valence-electron chi connectivity index (χ2n) is 4.56. The molecule has 0 bridgehead atoms. The van der Waals surface area contributed by atoms with Gasteiger partial charge < -0.3 is 4.42 Å². The van der Waals surface area contributed by atoms with Gasteiger partial charge in [0, 0.05) is 24.6 Å². The first-order chi connectivity index (χ1) is 9.88. The van der Waals surface area contributed by atoms with E-state index in [9.17, 15) is 18.5 Å². The number of rotatable bonds is 6. The first-order valence-corrected chi connectivity index (χ1v) is 7.66. The Balaban J connectivity index is 2.08. The summed E-state index contributed by atoms with van der Waals surface area (Å²) in [5, 5.41) is 10.5. The number of sulfonamides is 1. The second-order valence-corrected chi connectivity index (χ2v) is 6.27. The third-order valence-corrected chi connectivity index (χ3v) is 4.41. The van der Waals surface area contributed by atoms with E-state index in [4.69, 9.17) is 4.42 Å². The number of nitro benzene ring substituents is 1. The van der Waals surface area contributed by atoms with Crippen molar-refractivity contribution in [2.45, 2.75) is 24.3 Å². The second kappa shape index (κ2) is 6.06. The SMILES string of the molecule is CC(Cc1ccco1)NS(=O)(=O)c1ccc([N+](=O)[O-])cc1. The lowest BCUT2D eigenvalue weighted by Gasteiger charge is -2.12. The van der Waals surface area contributed by atoms with E-state index in [-0.39, 0.29) is 16.6 Å². The largest absolute Gasteiger partial charge is 0.469 e. The van der Waals surface area contributed by atoms with Gasteiger partial charge >= 0.3 is 0 Å². The lowest BCUT2D eigenvalue weighted by molar-refractivity contribution is -0.384. The van der Waals surface area contributed by atoms with Crippen molar-refractivity contribution >= 4 is 15.7 Å². The predicted molar refractivity (Wildman–Crippen MR) is 75.3 cm³/mol. The van der Waals surface area contributed by atoms with Crippen LogP contribution < -0.4 is 4.72 Å². The smallest absolute Gasteiger partial charge is 0.269 e. The molecule has 0 spiro atoms. The minimum atomic E-state index is -3.72. The molecule has 0 radical (unpaired) electrons. The highest BCUT2D eigenvalue weighted by Crippen LogP contribution is 2.16. The molecule has 2 rings (SSSR count). The van der Waals surface area contributed by atoms with Crippen LogP contribution in [0.5, 0.6) is 0 Å². The molecule has 1 unspecified atom stereocenters. The van der Waals surface area contributed by atoms with E-state index in [2.05, 4.69) is 4.72 Å². The number of hydrogen-bond donors (Lipinski definition) is 1. The summed E-state index contributed by atoms with van der Waals surface area (Å²) in [7, 11) is -3.72. The van der Waals surface area contributed by atoms with Crippen LogP contribution in [0.3, 0.4) is 0 Å².